The van der Waals surface area contributed by atoms with E-state index in [1.807, 2.05) is 0 Å². The lowest BCUT2D eigenvalue weighted by Gasteiger charge is -2.20. The van der Waals surface area contributed by atoms with Crippen LogP contribution in [0.15, 0.2) is 48.5 Å². The maximum Gasteiger partial charge on any atom is 0.349 e. The summed E-state index contributed by atoms with van der Waals surface area (Å²) in [7, 11) is 0. The molecule has 0 aliphatic carbocycles. The van der Waals surface area contributed by atoms with E-state index in [9.17, 15) is 18.8 Å². The number of ether oxygens (including phenoxy) is 2. The van der Waals surface area contributed by atoms with E-state index in [4.69, 9.17) is 9.47 Å². The number of urea groups is 1. The van der Waals surface area contributed by atoms with Crippen LogP contribution >= 0.6 is 0 Å². The van der Waals surface area contributed by atoms with Crippen molar-refractivity contribution >= 4 is 17.9 Å². The van der Waals surface area contributed by atoms with Gasteiger partial charge in [0.1, 0.15) is 11.3 Å². The van der Waals surface area contributed by atoms with Gasteiger partial charge in [0.25, 0.3) is 5.91 Å². The highest BCUT2D eigenvalue weighted by atomic mass is 19.1. The molecule has 28 heavy (non-hydrogen) atoms. The average molecular weight is 386 g/mol. The standard InChI is InChI=1S/C20H19FN2O5/c1-20(18(25)22-19(26)23-20)11-10-13-6-8-14(9-7-13)28-17(24)12-27-16-5-3-2-4-15(16)21/h2-9H,10-12H2,1H3,(H2,22,23,25,26)/t20-/m1/s1. The third kappa shape index (κ3) is 4.64. The van der Waals surface area contributed by atoms with Crippen LogP contribution in [0.1, 0.15) is 18.9 Å². The Hall–Kier alpha value is -3.42. The van der Waals surface area contributed by atoms with Crippen LogP contribution in [-0.4, -0.2) is 30.1 Å². The van der Waals surface area contributed by atoms with Crippen LogP contribution in [0.2, 0.25) is 0 Å². The molecule has 3 rings (SSSR count). The summed E-state index contributed by atoms with van der Waals surface area (Å²) < 4.78 is 23.7. The molecule has 2 aromatic carbocycles. The molecule has 1 saturated heterocycles. The summed E-state index contributed by atoms with van der Waals surface area (Å²) in [5.41, 5.74) is -0.0238. The highest BCUT2D eigenvalue weighted by Gasteiger charge is 2.41. The molecule has 0 radical (unpaired) electrons. The molecule has 0 spiro atoms. The quantitative estimate of drug-likeness (QED) is 0.433. The zero-order valence-electron chi connectivity index (χ0n) is 15.2. The number of para-hydroxylation sites is 1. The average Bonchev–Trinajstić information content (AvgIpc) is 2.92. The Morgan fingerprint density at radius 3 is 2.46 bits per heavy atom. The molecule has 0 aromatic heterocycles. The van der Waals surface area contributed by atoms with Crippen molar-refractivity contribution in [3.63, 3.8) is 0 Å². The highest BCUT2D eigenvalue weighted by Crippen LogP contribution is 2.20. The normalized spacial score (nSPS) is 18.4. The number of aryl methyl sites for hydroxylation is 1. The molecule has 8 heteroatoms. The van der Waals surface area contributed by atoms with Gasteiger partial charge in [-0.15, -0.1) is 0 Å². The van der Waals surface area contributed by atoms with Crippen molar-refractivity contribution in [3.8, 4) is 11.5 Å². The van der Waals surface area contributed by atoms with Crippen LogP contribution in [0, 0.1) is 5.82 Å². The van der Waals surface area contributed by atoms with E-state index in [0.717, 1.165) is 5.56 Å². The van der Waals surface area contributed by atoms with Crippen molar-refractivity contribution < 1.29 is 28.2 Å². The minimum atomic E-state index is -0.938. The van der Waals surface area contributed by atoms with Gasteiger partial charge in [0.15, 0.2) is 18.2 Å². The third-order valence-electron chi connectivity index (χ3n) is 4.37. The van der Waals surface area contributed by atoms with Gasteiger partial charge in [-0.2, -0.15) is 0 Å². The zero-order chi connectivity index (χ0) is 20.1. The summed E-state index contributed by atoms with van der Waals surface area (Å²) in [5.74, 6) is -1.26. The minimum Gasteiger partial charge on any atom is -0.479 e. The first kappa shape index (κ1) is 19.3. The number of benzene rings is 2. The fourth-order valence-electron chi connectivity index (χ4n) is 2.73. The smallest absolute Gasteiger partial charge is 0.349 e. The van der Waals surface area contributed by atoms with Crippen molar-refractivity contribution in [1.29, 1.82) is 0 Å². The summed E-state index contributed by atoms with van der Waals surface area (Å²) in [6.07, 6.45) is 0.981. The summed E-state index contributed by atoms with van der Waals surface area (Å²) in [6, 6.07) is 12.0. The highest BCUT2D eigenvalue weighted by molar-refractivity contribution is 6.06. The number of carbonyl (C=O) groups excluding carboxylic acids is 3. The second kappa shape index (κ2) is 8.08. The zero-order valence-corrected chi connectivity index (χ0v) is 15.2. The molecule has 1 aliphatic heterocycles. The van der Waals surface area contributed by atoms with E-state index >= 15 is 0 Å². The number of carbonyl (C=O) groups is 3. The molecule has 7 nitrogen and oxygen atoms in total. The summed E-state index contributed by atoms with van der Waals surface area (Å²) in [5, 5.41) is 4.83. The van der Waals surface area contributed by atoms with Gasteiger partial charge in [-0.05, 0) is 49.6 Å². The van der Waals surface area contributed by atoms with Crippen LogP contribution in [0.4, 0.5) is 9.18 Å². The molecule has 146 valence electrons. The number of hydrogen-bond donors (Lipinski definition) is 2. The summed E-state index contributed by atoms with van der Waals surface area (Å²) in [4.78, 5) is 34.9. The minimum absolute atomic E-state index is 0.0219. The topological polar surface area (TPSA) is 93.7 Å². The Morgan fingerprint density at radius 1 is 1.11 bits per heavy atom. The van der Waals surface area contributed by atoms with Crippen LogP contribution < -0.4 is 20.1 Å². The van der Waals surface area contributed by atoms with Gasteiger partial charge in [-0.3, -0.25) is 10.1 Å². The van der Waals surface area contributed by atoms with Gasteiger partial charge >= 0.3 is 12.0 Å². The molecule has 0 unspecified atom stereocenters. The number of esters is 1. The molecule has 1 aliphatic rings. The Labute approximate surface area is 160 Å². The molecule has 0 bridgehead atoms. The van der Waals surface area contributed by atoms with Gasteiger partial charge in [-0.25, -0.2) is 14.0 Å². The Balaban J connectivity index is 1.49. The Kier molecular flexibility index (Phi) is 5.58. The molecule has 1 heterocycles. The molecule has 3 amide bonds. The first-order chi connectivity index (χ1) is 13.4. The molecular formula is C20H19FN2O5. The number of hydrogen-bond acceptors (Lipinski definition) is 5. The number of halogens is 1. The monoisotopic (exact) mass is 386 g/mol. The SMILES string of the molecule is C[C@]1(CCc2ccc(OC(=O)COc3ccccc3F)cc2)NC(=O)NC1=O. The van der Waals surface area contributed by atoms with E-state index < -0.39 is 30.0 Å². The van der Waals surface area contributed by atoms with Crippen molar-refractivity contribution in [2.75, 3.05) is 6.61 Å². The maximum absolute atomic E-state index is 13.4. The number of rotatable bonds is 7. The largest absolute Gasteiger partial charge is 0.479 e. The van der Waals surface area contributed by atoms with Gasteiger partial charge in [-0.1, -0.05) is 24.3 Å². The van der Waals surface area contributed by atoms with Gasteiger partial charge in [0, 0.05) is 0 Å². The molecule has 2 aromatic rings. The van der Waals surface area contributed by atoms with Crippen LogP contribution in [0.5, 0.6) is 11.5 Å². The maximum atomic E-state index is 13.4. The van der Waals surface area contributed by atoms with Gasteiger partial charge in [0.2, 0.25) is 0 Å². The fourth-order valence-corrected chi connectivity index (χ4v) is 2.73. The van der Waals surface area contributed by atoms with E-state index in [0.29, 0.717) is 18.6 Å². The Bertz CT molecular complexity index is 900. The predicted molar refractivity (Wildman–Crippen MR) is 97.4 cm³/mol. The van der Waals surface area contributed by atoms with Crippen LogP contribution in [0.3, 0.4) is 0 Å². The van der Waals surface area contributed by atoms with Crippen molar-refractivity contribution in [2.45, 2.75) is 25.3 Å². The summed E-state index contributed by atoms with van der Waals surface area (Å²) >= 11 is 0. The second-order valence-electron chi connectivity index (χ2n) is 6.58. The van der Waals surface area contributed by atoms with Crippen molar-refractivity contribution in [3.05, 3.63) is 59.9 Å². The number of amides is 3. The van der Waals surface area contributed by atoms with Gasteiger partial charge < -0.3 is 14.8 Å². The van der Waals surface area contributed by atoms with E-state index in [1.54, 1.807) is 37.3 Å². The molecule has 0 saturated carbocycles. The lowest BCUT2D eigenvalue weighted by atomic mass is 9.93. The van der Waals surface area contributed by atoms with Crippen molar-refractivity contribution in [2.24, 2.45) is 0 Å². The predicted octanol–water partition coefficient (Wildman–Crippen LogP) is 2.34. The summed E-state index contributed by atoms with van der Waals surface area (Å²) in [6.45, 7) is 1.24. The molecular weight excluding hydrogens is 367 g/mol. The van der Waals surface area contributed by atoms with E-state index in [-0.39, 0.29) is 11.7 Å². The van der Waals surface area contributed by atoms with Crippen LogP contribution in [-0.2, 0) is 16.0 Å². The van der Waals surface area contributed by atoms with Crippen LogP contribution in [0.25, 0.3) is 0 Å². The lowest BCUT2D eigenvalue weighted by Crippen LogP contribution is -2.43. The van der Waals surface area contributed by atoms with E-state index in [2.05, 4.69) is 10.6 Å². The Morgan fingerprint density at radius 2 is 1.82 bits per heavy atom. The van der Waals surface area contributed by atoms with E-state index in [1.165, 1.54) is 18.2 Å². The lowest BCUT2D eigenvalue weighted by molar-refractivity contribution is -0.136. The number of imide groups is 1. The van der Waals surface area contributed by atoms with Crippen molar-refractivity contribution in [1.82, 2.24) is 10.6 Å². The third-order valence-corrected chi connectivity index (χ3v) is 4.37. The first-order valence-electron chi connectivity index (χ1n) is 8.66. The molecule has 1 fully saturated rings. The first-order valence-corrected chi connectivity index (χ1v) is 8.66. The molecule has 1 atom stereocenters. The molecule has 2 N–H and O–H groups in total. The fraction of sp³-hybridized carbons (Fsp3) is 0.250. The van der Waals surface area contributed by atoms with Gasteiger partial charge in [0.05, 0.1) is 0 Å². The number of nitrogens with one attached hydrogen (secondary N) is 2. The second-order valence-corrected chi connectivity index (χ2v) is 6.58.